The number of aromatic nitrogens is 2. The number of phosphoric ester groups is 1. The lowest BCUT2D eigenvalue weighted by molar-refractivity contribution is -0.304. The number of likely N-dealkylation sites (tertiary alicyclic amines) is 1. The second kappa shape index (κ2) is 92.3. The standard InChI is InChI=1S/C10H20O5.C9H16N4O.C9H21N3O.C8H17N.C7H14N2O3.C7H15NO.C7H16O.C6H14N2O2.C6H14N2O.C6H13NO.C6H14O.C4H11O4P.C4H11O3P/c1-4-6-7(11)8(12)9(13)10(15-6)14-5(2)3;1-6(2)13-9(14)8(10)3-7-4-11-5-12-7;1-7(2)12-9(13)8(11)5-3-4-6-10;1-8(2)9-6-4-3-5-7-9;1-4(2)9-7(12)5(8)3-6(10)11;1-4-5-7(9)8-6(2)3;1-4-5-6-8-7(2)3;1-4(2)8-6(10)5(7)3-9;1-5(2)8-6(9)4-7-3;1-4-6(8)7-5(2)3;1-4-5-7-6(2)3;1-4(2)8-9(5,6)7-3;1-4(2)7-8(3,5)6/h5-13H,4H2,1-3H3;4-6,8H,3,10H2,1-2H3,(H,11,12)(H,13,14);7-8H,3-6,10-11H2,1-2H3,(H,12,13);8H,3-7H2,1-2H3;4-5H,3,8H2,1-2H3,(H,9,12)(H,10,11);6H,4-5H2,1-3H3,(H,8,9);7H,4-6H2,1-3H3;4-5,9H,3,7H2,1-2H3,(H,8,10);5,7H,4H2,1-3H3,(H,8,9);5H,4H2,1-3H3,(H,7,8);6H,4-5H2,1-3H3;4H,1-3H3,(H,5,6);4H,1-3H3,(H,5,6)/t6-,7-,8+,9-,10-;2*8-;;5-;;;5-;;;;;/m100.0..0...../s1. The number of hydrogen-bond donors (Lipinski definition) is 21. The number of aliphatic hydroxyl groups excluding tert-OH is 4. The van der Waals surface area contributed by atoms with Gasteiger partial charge in [0.05, 0.1) is 80.6 Å². The first kappa shape index (κ1) is 146. The molecule has 40 nitrogen and oxygen atoms in total. The molecule has 26 N–H and O–H groups in total. The van der Waals surface area contributed by atoms with Crippen LogP contribution >= 0.6 is 15.4 Å². The lowest BCUT2D eigenvalue weighted by atomic mass is 9.97. The van der Waals surface area contributed by atoms with Gasteiger partial charge in [-0.05, 0) is 258 Å². The summed E-state index contributed by atoms with van der Waals surface area (Å²) in [6, 6.07) is -0.729. The molecule has 0 spiro atoms. The molecule has 2 unspecified atom stereocenters. The first-order valence-corrected chi connectivity index (χ1v) is 50.0. The molecule has 0 aliphatic carbocycles. The number of unbranched alkanes of at least 4 members (excludes halogenated alkanes) is 2. The number of carbonyl (C=O) groups is 8. The van der Waals surface area contributed by atoms with E-state index in [1.807, 2.05) is 118 Å². The summed E-state index contributed by atoms with van der Waals surface area (Å²) in [6.07, 6.45) is 11.9. The number of piperidine rings is 1. The zero-order valence-corrected chi connectivity index (χ0v) is 88.9. The van der Waals surface area contributed by atoms with E-state index in [1.165, 1.54) is 51.9 Å². The fourth-order valence-electron chi connectivity index (χ4n) is 9.46. The number of carboxylic acids is 1. The Kier molecular flexibility index (Phi) is 103. The van der Waals surface area contributed by atoms with Crippen LogP contribution < -0.4 is 71.2 Å². The van der Waals surface area contributed by atoms with Crippen molar-refractivity contribution >= 4 is 62.7 Å². The van der Waals surface area contributed by atoms with Crippen molar-refractivity contribution < 1.29 is 115 Å². The third-order valence-electron chi connectivity index (χ3n) is 15.3. The van der Waals surface area contributed by atoms with Crippen LogP contribution in [-0.2, 0) is 86.4 Å². The van der Waals surface area contributed by atoms with Crippen molar-refractivity contribution in [3.8, 4) is 0 Å². The van der Waals surface area contributed by atoms with Gasteiger partial charge in [0, 0.05) is 106 Å². The number of ether oxygens (including phenoxy) is 4. The second-order valence-electron chi connectivity index (χ2n) is 34.5. The van der Waals surface area contributed by atoms with Gasteiger partial charge in [-0.1, -0.05) is 53.9 Å². The Balaban J connectivity index is -0.000000152. The summed E-state index contributed by atoms with van der Waals surface area (Å²) in [7, 11) is -4.07. The molecule has 0 radical (unpaired) electrons. The third-order valence-corrected chi connectivity index (χ3v) is 17.3. The number of carbonyl (C=O) groups excluding carboxylic acids is 7. The molecule has 131 heavy (non-hydrogen) atoms. The van der Waals surface area contributed by atoms with Gasteiger partial charge < -0.3 is 140 Å². The summed E-state index contributed by atoms with van der Waals surface area (Å²) in [5, 5.41) is 67.2. The minimum Gasteiger partial charge on any atom is -0.481 e. The average molecular weight is 1940 g/mol. The quantitative estimate of drug-likeness (QED) is 0.0219. The van der Waals surface area contributed by atoms with E-state index in [0.29, 0.717) is 51.0 Å². The zero-order chi connectivity index (χ0) is 104. The van der Waals surface area contributed by atoms with Crippen LogP contribution in [0.25, 0.3) is 0 Å². The lowest BCUT2D eigenvalue weighted by Crippen LogP contribution is -2.58. The Hall–Kier alpha value is -5.37. The number of imidazole rings is 1. The molecule has 3 heterocycles. The highest BCUT2D eigenvalue weighted by molar-refractivity contribution is 7.51. The highest BCUT2D eigenvalue weighted by Crippen LogP contribution is 2.43. The van der Waals surface area contributed by atoms with E-state index >= 15 is 0 Å². The molecule has 42 heteroatoms. The van der Waals surface area contributed by atoms with Gasteiger partial charge in [-0.3, -0.25) is 52.0 Å². The molecular weight excluding hydrogens is 1740 g/mol. The van der Waals surface area contributed by atoms with Crippen molar-refractivity contribution in [3.05, 3.63) is 18.2 Å². The molecule has 2 fully saturated rings. The summed E-state index contributed by atoms with van der Waals surface area (Å²) in [6.45, 7) is 66.2. The Morgan fingerprint density at radius 2 is 0.962 bits per heavy atom. The summed E-state index contributed by atoms with van der Waals surface area (Å²) >= 11 is 0. The average Bonchev–Trinajstić information content (AvgIpc) is 1.77. The van der Waals surface area contributed by atoms with Gasteiger partial charge >= 0.3 is 21.4 Å². The van der Waals surface area contributed by atoms with Gasteiger partial charge in [0.1, 0.15) is 24.4 Å². The topological polar surface area (TPSA) is 635 Å². The Labute approximate surface area is 790 Å². The van der Waals surface area contributed by atoms with Crippen molar-refractivity contribution in [1.29, 1.82) is 0 Å². The van der Waals surface area contributed by atoms with Crippen LogP contribution in [0.4, 0.5) is 0 Å². The largest absolute Gasteiger partial charge is 0.481 e. The van der Waals surface area contributed by atoms with Gasteiger partial charge in [-0.15, -0.1) is 0 Å². The number of nitrogens with zero attached hydrogens (tertiary/aromatic N) is 2. The van der Waals surface area contributed by atoms with E-state index in [1.54, 1.807) is 61.1 Å². The zero-order valence-electron chi connectivity index (χ0n) is 87.2. The number of nitrogens with two attached hydrogens (primary N) is 5. The van der Waals surface area contributed by atoms with Crippen LogP contribution in [0, 0.1) is 0 Å². The first-order chi connectivity index (χ1) is 60.4. The normalized spacial score (nSPS) is 16.7. The van der Waals surface area contributed by atoms with E-state index in [4.69, 9.17) is 67.6 Å². The minimum atomic E-state index is -3.73. The predicted molar refractivity (Wildman–Crippen MR) is 525 cm³/mol. The number of aromatic amines is 1. The van der Waals surface area contributed by atoms with E-state index < -0.39 is 76.1 Å². The van der Waals surface area contributed by atoms with Crippen molar-refractivity contribution in [2.75, 3.05) is 66.8 Å². The van der Waals surface area contributed by atoms with Gasteiger partial charge in [0.25, 0.3) is 0 Å². The minimum absolute atomic E-state index is 0.0163. The number of phosphoric acid groups is 1. The molecule has 0 bridgehead atoms. The van der Waals surface area contributed by atoms with Gasteiger partial charge in [-0.25, -0.2) is 9.55 Å². The summed E-state index contributed by atoms with van der Waals surface area (Å²) in [5.41, 5.74) is 28.0. The lowest BCUT2D eigenvalue weighted by Gasteiger charge is -2.40. The molecule has 1 aromatic heterocycles. The van der Waals surface area contributed by atoms with E-state index in [2.05, 4.69) is 126 Å². The van der Waals surface area contributed by atoms with Crippen LogP contribution in [0.1, 0.15) is 310 Å². The van der Waals surface area contributed by atoms with Crippen LogP contribution in [0.3, 0.4) is 0 Å². The van der Waals surface area contributed by atoms with Crippen molar-refractivity contribution in [1.82, 2.24) is 57.4 Å². The van der Waals surface area contributed by atoms with Crippen LogP contribution in [0.5, 0.6) is 0 Å². The molecule has 2 saturated heterocycles. The molecule has 2 aliphatic rings. The molecule has 0 aromatic carbocycles. The molecule has 1 aromatic rings. The Morgan fingerprint density at radius 1 is 0.534 bits per heavy atom. The first-order valence-electron chi connectivity index (χ1n) is 46.5. The fraction of sp³-hybridized carbons (Fsp3) is 0.876. The van der Waals surface area contributed by atoms with E-state index in [0.717, 1.165) is 64.2 Å². The van der Waals surface area contributed by atoms with Gasteiger partial charge in [-0.2, -0.15) is 0 Å². The Bertz CT molecular complexity index is 2910. The summed E-state index contributed by atoms with van der Waals surface area (Å²) < 4.78 is 55.2. The number of amides is 7. The Morgan fingerprint density at radius 3 is 1.26 bits per heavy atom. The fourth-order valence-corrected chi connectivity index (χ4v) is 10.9. The van der Waals surface area contributed by atoms with Gasteiger partial charge in [0.2, 0.25) is 41.4 Å². The van der Waals surface area contributed by atoms with Crippen molar-refractivity contribution in [3.63, 3.8) is 0 Å². The van der Waals surface area contributed by atoms with Crippen molar-refractivity contribution in [2.45, 2.75) is 445 Å². The monoisotopic (exact) mass is 1940 g/mol. The van der Waals surface area contributed by atoms with Gasteiger partial charge in [0.15, 0.2) is 6.29 Å². The summed E-state index contributed by atoms with van der Waals surface area (Å²) in [4.78, 5) is 113. The highest BCUT2D eigenvalue weighted by Gasteiger charge is 2.44. The smallest absolute Gasteiger partial charge is 0.472 e. The number of nitrogens with one attached hydrogen (secondary N) is 9. The molecule has 11 atom stereocenters. The second-order valence-corrected chi connectivity index (χ2v) is 37.8. The molecule has 3 rings (SSSR count). The number of aliphatic carboxylic acids is 1. The maximum Gasteiger partial charge on any atom is 0.472 e. The molecule has 2 aliphatic heterocycles. The predicted octanol–water partition coefficient (Wildman–Crippen LogP) is 7.80. The van der Waals surface area contributed by atoms with Crippen LogP contribution in [0.15, 0.2) is 12.5 Å². The number of H-pyrrole nitrogens is 1. The molecule has 786 valence electrons. The molecule has 0 saturated carbocycles. The number of likely N-dealkylation sites (N-methyl/N-ethyl adjacent to an activating group) is 1. The van der Waals surface area contributed by atoms with E-state index in [-0.39, 0.29) is 115 Å². The van der Waals surface area contributed by atoms with Crippen molar-refractivity contribution in [2.24, 2.45) is 28.7 Å². The number of hydrogen-bond acceptors (Lipinski definition) is 29. The highest BCUT2D eigenvalue weighted by atomic mass is 31.2. The molecule has 7 amide bonds. The SMILES string of the molecule is CC(C)N1CCCCC1.CC(C)NC(=O)[C@@H](N)CC(=O)O.CC(C)NC(=O)[C@@H](N)CCCCN.CC(C)NC(=O)[C@@H](N)CO.CC(C)NC(=O)[C@@H](N)Cc1cnc[nH]1.CC(C)OP(C)(=O)O.CCC(=O)NC(C)C.CCCC(=O)NC(C)C.CCCCOC(C)C.CCCOC(C)C.CC[C@H]1O[C@@H](OC(C)C)[C@H](O)[C@@H](O)[C@@H]1O.CNCC(=O)NC(C)C.COP(=O)(O)OC(C)C. The van der Waals surface area contributed by atoms with Crippen LogP contribution in [-0.4, -0.2) is 298 Å². The maximum absolute atomic E-state index is 11.4. The molecular formula is C89H196N16O24P2. The van der Waals surface area contributed by atoms with Crippen LogP contribution in [0.2, 0.25) is 0 Å². The number of carboxylic acid groups (broad SMARTS) is 1. The summed E-state index contributed by atoms with van der Waals surface area (Å²) in [5.74, 6) is -1.66. The number of aliphatic hydroxyl groups is 4. The number of rotatable bonds is 41. The van der Waals surface area contributed by atoms with E-state index in [9.17, 15) is 62.8 Å². The third kappa shape index (κ3) is 113. The maximum atomic E-state index is 11.4.